The lowest BCUT2D eigenvalue weighted by Gasteiger charge is -2.06. The number of benzene rings is 1. The van der Waals surface area contributed by atoms with E-state index in [9.17, 15) is 4.79 Å². The van der Waals surface area contributed by atoms with Crippen LogP contribution in [0.3, 0.4) is 0 Å². The van der Waals surface area contributed by atoms with Crippen molar-refractivity contribution in [1.29, 1.82) is 0 Å². The van der Waals surface area contributed by atoms with Crippen LogP contribution < -0.4 is 10.6 Å². The maximum Gasteiger partial charge on any atom is 0.286 e. The molecule has 0 bridgehead atoms. The molecule has 7 heteroatoms. The lowest BCUT2D eigenvalue weighted by atomic mass is 10.2. The van der Waals surface area contributed by atoms with Crippen molar-refractivity contribution in [2.75, 3.05) is 17.2 Å². The van der Waals surface area contributed by atoms with E-state index in [1.807, 2.05) is 19.9 Å². The van der Waals surface area contributed by atoms with E-state index in [2.05, 4.69) is 20.8 Å². The monoisotopic (exact) mass is 296 g/mol. The summed E-state index contributed by atoms with van der Waals surface area (Å²) in [6, 6.07) is 5.34. The van der Waals surface area contributed by atoms with Gasteiger partial charge in [0.15, 0.2) is 0 Å². The van der Waals surface area contributed by atoms with Gasteiger partial charge in [-0.2, -0.15) is 0 Å². The molecular formula is C12H13ClN4OS. The maximum absolute atomic E-state index is 12.0. The van der Waals surface area contributed by atoms with Crippen LogP contribution in [0.4, 0.5) is 10.8 Å². The van der Waals surface area contributed by atoms with Crippen LogP contribution in [0.1, 0.15) is 22.3 Å². The Balaban J connectivity index is 2.13. The molecule has 0 aliphatic rings. The first kappa shape index (κ1) is 13.8. The average Bonchev–Trinajstić information content (AvgIpc) is 2.83. The molecule has 1 heterocycles. The fourth-order valence-electron chi connectivity index (χ4n) is 1.44. The zero-order valence-corrected chi connectivity index (χ0v) is 12.1. The summed E-state index contributed by atoms with van der Waals surface area (Å²) < 4.78 is 0. The van der Waals surface area contributed by atoms with E-state index >= 15 is 0 Å². The molecular weight excluding hydrogens is 284 g/mol. The van der Waals surface area contributed by atoms with Crippen molar-refractivity contribution in [3.8, 4) is 0 Å². The lowest BCUT2D eigenvalue weighted by molar-refractivity contribution is 0.102. The van der Waals surface area contributed by atoms with Crippen LogP contribution >= 0.6 is 22.9 Å². The van der Waals surface area contributed by atoms with E-state index in [0.29, 0.717) is 20.8 Å². The van der Waals surface area contributed by atoms with Gasteiger partial charge >= 0.3 is 0 Å². The number of aryl methyl sites for hydroxylation is 1. The number of rotatable bonds is 4. The number of amides is 1. The van der Waals surface area contributed by atoms with Crippen LogP contribution in [0.2, 0.25) is 5.02 Å². The predicted molar refractivity (Wildman–Crippen MR) is 78.2 cm³/mol. The van der Waals surface area contributed by atoms with Crippen molar-refractivity contribution in [2.24, 2.45) is 0 Å². The van der Waals surface area contributed by atoms with Gasteiger partial charge < -0.3 is 10.6 Å². The summed E-state index contributed by atoms with van der Waals surface area (Å²) in [5, 5.41) is 15.0. The van der Waals surface area contributed by atoms with Crippen LogP contribution in [-0.4, -0.2) is 22.6 Å². The quantitative estimate of drug-likeness (QED) is 0.909. The van der Waals surface area contributed by atoms with Crippen molar-refractivity contribution >= 4 is 39.7 Å². The molecule has 0 spiro atoms. The van der Waals surface area contributed by atoms with Crippen LogP contribution in [0, 0.1) is 6.92 Å². The van der Waals surface area contributed by atoms with E-state index in [0.717, 1.165) is 12.1 Å². The molecule has 0 fully saturated rings. The van der Waals surface area contributed by atoms with Gasteiger partial charge in [-0.3, -0.25) is 4.79 Å². The summed E-state index contributed by atoms with van der Waals surface area (Å²) in [5.41, 5.74) is 1.62. The molecule has 0 unspecified atom stereocenters. The molecule has 1 aromatic carbocycles. The van der Waals surface area contributed by atoms with E-state index in [4.69, 9.17) is 11.6 Å². The van der Waals surface area contributed by atoms with Crippen molar-refractivity contribution in [3.63, 3.8) is 0 Å². The normalized spacial score (nSPS) is 10.3. The van der Waals surface area contributed by atoms with E-state index in [-0.39, 0.29) is 5.91 Å². The van der Waals surface area contributed by atoms with Crippen LogP contribution in [0.25, 0.3) is 0 Å². The lowest BCUT2D eigenvalue weighted by Crippen LogP contribution is -2.12. The Hall–Kier alpha value is -1.66. The molecule has 2 N–H and O–H groups in total. The molecule has 0 atom stereocenters. The Morgan fingerprint density at radius 2 is 2.21 bits per heavy atom. The minimum Gasteiger partial charge on any atom is -0.360 e. The standard InChI is InChI=1S/C12H13ClN4OS/c1-3-14-12-17-16-11(19-12)10(18)15-9-6-8(13)5-4-7(9)2/h4-6H,3H2,1-2H3,(H,14,17)(H,15,18). The highest BCUT2D eigenvalue weighted by Gasteiger charge is 2.13. The van der Waals surface area contributed by atoms with Gasteiger partial charge in [0.1, 0.15) is 0 Å². The molecule has 0 radical (unpaired) electrons. The Morgan fingerprint density at radius 1 is 1.42 bits per heavy atom. The third kappa shape index (κ3) is 3.42. The van der Waals surface area contributed by atoms with E-state index < -0.39 is 0 Å². The molecule has 1 amide bonds. The van der Waals surface area contributed by atoms with E-state index in [1.165, 1.54) is 11.3 Å². The Bertz CT molecular complexity index is 599. The Labute approximate surface area is 120 Å². The molecule has 0 saturated carbocycles. The van der Waals surface area contributed by atoms with Gasteiger partial charge in [-0.05, 0) is 31.5 Å². The predicted octanol–water partition coefficient (Wildman–Crippen LogP) is 3.18. The minimum atomic E-state index is -0.285. The zero-order chi connectivity index (χ0) is 13.8. The number of nitrogens with zero attached hydrogens (tertiary/aromatic N) is 2. The van der Waals surface area contributed by atoms with Gasteiger partial charge in [0.25, 0.3) is 5.91 Å². The third-order valence-corrected chi connectivity index (χ3v) is 3.51. The summed E-state index contributed by atoms with van der Waals surface area (Å²) in [6.45, 7) is 4.59. The second-order valence-electron chi connectivity index (χ2n) is 3.86. The maximum atomic E-state index is 12.0. The van der Waals surface area contributed by atoms with Gasteiger partial charge in [-0.15, -0.1) is 10.2 Å². The number of hydrogen-bond acceptors (Lipinski definition) is 5. The molecule has 0 aliphatic carbocycles. The first-order valence-corrected chi connectivity index (χ1v) is 6.94. The Morgan fingerprint density at radius 3 is 2.95 bits per heavy atom. The first-order valence-electron chi connectivity index (χ1n) is 5.75. The van der Waals surface area contributed by atoms with Crippen LogP contribution in [0.15, 0.2) is 18.2 Å². The summed E-state index contributed by atoms with van der Waals surface area (Å²) >= 11 is 7.12. The zero-order valence-electron chi connectivity index (χ0n) is 10.5. The topological polar surface area (TPSA) is 66.9 Å². The number of anilines is 2. The van der Waals surface area contributed by atoms with Gasteiger partial charge in [0.05, 0.1) is 0 Å². The van der Waals surface area contributed by atoms with Crippen LogP contribution in [0.5, 0.6) is 0 Å². The number of halogens is 1. The minimum absolute atomic E-state index is 0.285. The number of carbonyl (C=O) groups is 1. The number of hydrogen-bond donors (Lipinski definition) is 2. The fraction of sp³-hybridized carbons (Fsp3) is 0.250. The SMILES string of the molecule is CCNc1nnc(C(=O)Nc2cc(Cl)ccc2C)s1. The fourth-order valence-corrected chi connectivity index (χ4v) is 2.32. The van der Waals surface area contributed by atoms with Gasteiger partial charge in [0, 0.05) is 17.3 Å². The van der Waals surface area contributed by atoms with Crippen molar-refractivity contribution in [3.05, 3.63) is 33.8 Å². The molecule has 100 valence electrons. The highest BCUT2D eigenvalue weighted by Crippen LogP contribution is 2.22. The second kappa shape index (κ2) is 5.99. The largest absolute Gasteiger partial charge is 0.360 e. The van der Waals surface area contributed by atoms with Crippen molar-refractivity contribution < 1.29 is 4.79 Å². The van der Waals surface area contributed by atoms with Crippen molar-refractivity contribution in [1.82, 2.24) is 10.2 Å². The molecule has 2 rings (SSSR count). The summed E-state index contributed by atoms with van der Waals surface area (Å²) in [6.07, 6.45) is 0. The van der Waals surface area contributed by atoms with Crippen molar-refractivity contribution in [2.45, 2.75) is 13.8 Å². The number of carbonyl (C=O) groups excluding carboxylic acids is 1. The van der Waals surface area contributed by atoms with Gasteiger partial charge in [0.2, 0.25) is 10.1 Å². The third-order valence-electron chi connectivity index (χ3n) is 2.40. The van der Waals surface area contributed by atoms with Crippen LogP contribution in [-0.2, 0) is 0 Å². The Kier molecular flexibility index (Phi) is 4.34. The molecule has 5 nitrogen and oxygen atoms in total. The number of aromatic nitrogens is 2. The molecule has 1 aromatic heterocycles. The summed E-state index contributed by atoms with van der Waals surface area (Å²) in [4.78, 5) is 12.0. The van der Waals surface area contributed by atoms with Gasteiger partial charge in [-0.1, -0.05) is 29.0 Å². The molecule has 0 saturated heterocycles. The second-order valence-corrected chi connectivity index (χ2v) is 5.27. The molecule has 0 aliphatic heterocycles. The summed E-state index contributed by atoms with van der Waals surface area (Å²) in [7, 11) is 0. The molecule has 19 heavy (non-hydrogen) atoms. The smallest absolute Gasteiger partial charge is 0.286 e. The highest BCUT2D eigenvalue weighted by molar-refractivity contribution is 7.17. The average molecular weight is 297 g/mol. The highest BCUT2D eigenvalue weighted by atomic mass is 35.5. The van der Waals surface area contributed by atoms with Gasteiger partial charge in [-0.25, -0.2) is 0 Å². The molecule has 2 aromatic rings. The summed E-state index contributed by atoms with van der Waals surface area (Å²) in [5.74, 6) is -0.285. The number of nitrogens with one attached hydrogen (secondary N) is 2. The first-order chi connectivity index (χ1) is 9.10. The van der Waals surface area contributed by atoms with E-state index in [1.54, 1.807) is 12.1 Å².